The van der Waals surface area contributed by atoms with Gasteiger partial charge in [0.2, 0.25) is 0 Å². The molecule has 0 unspecified atom stereocenters. The number of carbonyl (C=O) groups is 1. The summed E-state index contributed by atoms with van der Waals surface area (Å²) in [6.45, 7) is 4.25. The van der Waals surface area contributed by atoms with Gasteiger partial charge in [0.15, 0.2) is 0 Å². The maximum Gasteiger partial charge on any atom is 0.255 e. The van der Waals surface area contributed by atoms with Crippen molar-refractivity contribution in [1.82, 2.24) is 5.32 Å². The van der Waals surface area contributed by atoms with Crippen LogP contribution in [0.3, 0.4) is 0 Å². The standard InChI is InChI=1S/C13H18N2O2/c1-3-4-5-8-15-13(16)11-7-6-10(14)9-12(11)17-2/h3,6-7,9H,1,4-5,8,14H2,2H3,(H,15,16). The summed E-state index contributed by atoms with van der Waals surface area (Å²) in [6, 6.07) is 4.98. The molecule has 17 heavy (non-hydrogen) atoms. The van der Waals surface area contributed by atoms with E-state index < -0.39 is 0 Å². The van der Waals surface area contributed by atoms with Gasteiger partial charge in [-0.3, -0.25) is 4.79 Å². The summed E-state index contributed by atoms with van der Waals surface area (Å²) in [6.07, 6.45) is 3.60. The van der Waals surface area contributed by atoms with Crippen molar-refractivity contribution in [2.24, 2.45) is 0 Å². The second kappa shape index (κ2) is 6.58. The average Bonchev–Trinajstić information content (AvgIpc) is 2.34. The molecule has 1 rings (SSSR count). The molecule has 3 N–H and O–H groups in total. The SMILES string of the molecule is C=CCCCNC(=O)c1ccc(N)cc1OC. The number of unbranched alkanes of at least 4 members (excludes halogenated alkanes) is 1. The molecule has 0 spiro atoms. The number of amides is 1. The van der Waals surface area contributed by atoms with E-state index in [4.69, 9.17) is 10.5 Å². The van der Waals surface area contributed by atoms with Crippen molar-refractivity contribution in [2.45, 2.75) is 12.8 Å². The second-order valence-corrected chi connectivity index (χ2v) is 3.65. The Hall–Kier alpha value is -1.97. The zero-order valence-corrected chi connectivity index (χ0v) is 10.0. The topological polar surface area (TPSA) is 64.4 Å². The fourth-order valence-corrected chi connectivity index (χ4v) is 1.44. The molecule has 1 amide bonds. The molecular weight excluding hydrogens is 216 g/mol. The molecule has 0 bridgehead atoms. The number of hydrogen-bond donors (Lipinski definition) is 2. The van der Waals surface area contributed by atoms with Crippen molar-refractivity contribution < 1.29 is 9.53 Å². The Kier molecular flexibility index (Phi) is 5.07. The normalized spacial score (nSPS) is 9.71. The quantitative estimate of drug-likeness (QED) is 0.449. The first-order valence-corrected chi connectivity index (χ1v) is 5.51. The third-order valence-corrected chi connectivity index (χ3v) is 2.34. The number of benzene rings is 1. The number of nitrogen functional groups attached to an aromatic ring is 1. The van der Waals surface area contributed by atoms with E-state index in [1.807, 2.05) is 6.08 Å². The van der Waals surface area contributed by atoms with Crippen LogP contribution in [0.15, 0.2) is 30.9 Å². The minimum absolute atomic E-state index is 0.147. The van der Waals surface area contributed by atoms with Crippen LogP contribution in [0.5, 0.6) is 5.75 Å². The Morgan fingerprint density at radius 2 is 2.35 bits per heavy atom. The van der Waals surface area contributed by atoms with Crippen molar-refractivity contribution in [3.63, 3.8) is 0 Å². The maximum atomic E-state index is 11.8. The third-order valence-electron chi connectivity index (χ3n) is 2.34. The van der Waals surface area contributed by atoms with Gasteiger partial charge in [0, 0.05) is 18.3 Å². The number of hydrogen-bond acceptors (Lipinski definition) is 3. The van der Waals surface area contributed by atoms with Gasteiger partial charge < -0.3 is 15.8 Å². The zero-order chi connectivity index (χ0) is 12.7. The second-order valence-electron chi connectivity index (χ2n) is 3.65. The molecule has 1 aromatic rings. The van der Waals surface area contributed by atoms with E-state index in [0.29, 0.717) is 23.5 Å². The third kappa shape index (κ3) is 3.83. The number of nitrogens with one attached hydrogen (secondary N) is 1. The highest BCUT2D eigenvalue weighted by molar-refractivity contribution is 5.97. The van der Waals surface area contributed by atoms with Crippen molar-refractivity contribution in [1.29, 1.82) is 0 Å². The predicted molar refractivity (Wildman–Crippen MR) is 69.2 cm³/mol. The van der Waals surface area contributed by atoms with E-state index in [2.05, 4.69) is 11.9 Å². The van der Waals surface area contributed by atoms with Crippen LogP contribution < -0.4 is 15.8 Å². The van der Waals surface area contributed by atoms with Gasteiger partial charge in [0.1, 0.15) is 5.75 Å². The van der Waals surface area contributed by atoms with Crippen LogP contribution in [0.2, 0.25) is 0 Å². The Morgan fingerprint density at radius 3 is 3.00 bits per heavy atom. The summed E-state index contributed by atoms with van der Waals surface area (Å²) >= 11 is 0. The smallest absolute Gasteiger partial charge is 0.255 e. The van der Waals surface area contributed by atoms with Crippen molar-refractivity contribution in [2.75, 3.05) is 19.4 Å². The van der Waals surface area contributed by atoms with Gasteiger partial charge in [-0.2, -0.15) is 0 Å². The monoisotopic (exact) mass is 234 g/mol. The van der Waals surface area contributed by atoms with Crippen LogP contribution >= 0.6 is 0 Å². The van der Waals surface area contributed by atoms with Crippen LogP contribution in [0.4, 0.5) is 5.69 Å². The van der Waals surface area contributed by atoms with Crippen molar-refractivity contribution in [3.8, 4) is 5.75 Å². The average molecular weight is 234 g/mol. The minimum atomic E-state index is -0.147. The van der Waals surface area contributed by atoms with E-state index in [9.17, 15) is 4.79 Å². The van der Waals surface area contributed by atoms with Gasteiger partial charge in [-0.25, -0.2) is 0 Å². The van der Waals surface area contributed by atoms with E-state index in [-0.39, 0.29) is 5.91 Å². The molecule has 1 aromatic carbocycles. The van der Waals surface area contributed by atoms with E-state index in [1.165, 1.54) is 7.11 Å². The van der Waals surface area contributed by atoms with Gasteiger partial charge >= 0.3 is 0 Å². The number of ether oxygens (including phenoxy) is 1. The molecule has 0 radical (unpaired) electrons. The highest BCUT2D eigenvalue weighted by Gasteiger charge is 2.11. The molecule has 0 atom stereocenters. The lowest BCUT2D eigenvalue weighted by Gasteiger charge is -2.09. The Balaban J connectivity index is 2.65. The molecule has 0 fully saturated rings. The van der Waals surface area contributed by atoms with Crippen LogP contribution in [-0.4, -0.2) is 19.6 Å². The molecule has 0 aliphatic rings. The van der Waals surface area contributed by atoms with Gasteiger partial charge in [0.05, 0.1) is 12.7 Å². The van der Waals surface area contributed by atoms with E-state index in [1.54, 1.807) is 18.2 Å². The zero-order valence-electron chi connectivity index (χ0n) is 10.0. The summed E-state index contributed by atoms with van der Waals surface area (Å²) in [5, 5.41) is 2.82. The fourth-order valence-electron chi connectivity index (χ4n) is 1.44. The number of methoxy groups -OCH3 is 1. The van der Waals surface area contributed by atoms with Crippen molar-refractivity contribution >= 4 is 11.6 Å². The number of carbonyl (C=O) groups excluding carboxylic acids is 1. The number of anilines is 1. The van der Waals surface area contributed by atoms with Gasteiger partial charge in [0.25, 0.3) is 5.91 Å². The van der Waals surface area contributed by atoms with Crippen LogP contribution in [0.25, 0.3) is 0 Å². The summed E-state index contributed by atoms with van der Waals surface area (Å²) in [7, 11) is 1.52. The Labute approximate surface area is 101 Å². The molecule has 0 aliphatic carbocycles. The highest BCUT2D eigenvalue weighted by Crippen LogP contribution is 2.21. The summed E-state index contributed by atoms with van der Waals surface area (Å²) in [5.41, 5.74) is 6.69. The first kappa shape index (κ1) is 13.1. The van der Waals surface area contributed by atoms with Gasteiger partial charge in [-0.15, -0.1) is 6.58 Å². The lowest BCUT2D eigenvalue weighted by Crippen LogP contribution is -2.24. The molecule has 0 heterocycles. The first-order valence-electron chi connectivity index (χ1n) is 5.51. The molecule has 4 nitrogen and oxygen atoms in total. The predicted octanol–water partition coefficient (Wildman–Crippen LogP) is 1.97. The molecule has 92 valence electrons. The van der Waals surface area contributed by atoms with Crippen LogP contribution in [-0.2, 0) is 0 Å². The van der Waals surface area contributed by atoms with Crippen molar-refractivity contribution in [3.05, 3.63) is 36.4 Å². The summed E-state index contributed by atoms with van der Waals surface area (Å²) < 4.78 is 5.12. The van der Waals surface area contributed by atoms with E-state index in [0.717, 1.165) is 12.8 Å². The summed E-state index contributed by atoms with van der Waals surface area (Å²) in [4.78, 5) is 11.8. The molecule has 0 saturated carbocycles. The molecular formula is C13H18N2O2. The van der Waals surface area contributed by atoms with Crippen LogP contribution in [0, 0.1) is 0 Å². The maximum absolute atomic E-state index is 11.8. The highest BCUT2D eigenvalue weighted by atomic mass is 16.5. The molecule has 4 heteroatoms. The summed E-state index contributed by atoms with van der Waals surface area (Å²) in [5.74, 6) is 0.345. The Bertz CT molecular complexity index is 402. The lowest BCUT2D eigenvalue weighted by molar-refractivity contribution is 0.0950. The largest absolute Gasteiger partial charge is 0.496 e. The molecule has 0 aliphatic heterocycles. The lowest BCUT2D eigenvalue weighted by atomic mass is 10.1. The molecule has 0 saturated heterocycles. The minimum Gasteiger partial charge on any atom is -0.496 e. The number of rotatable bonds is 6. The fraction of sp³-hybridized carbons (Fsp3) is 0.308. The van der Waals surface area contributed by atoms with Gasteiger partial charge in [-0.05, 0) is 25.0 Å². The molecule has 0 aromatic heterocycles. The van der Waals surface area contributed by atoms with E-state index >= 15 is 0 Å². The van der Waals surface area contributed by atoms with Crippen LogP contribution in [0.1, 0.15) is 23.2 Å². The number of nitrogens with two attached hydrogens (primary N) is 1. The first-order chi connectivity index (χ1) is 8.19. The number of allylic oxidation sites excluding steroid dienone is 1. The van der Waals surface area contributed by atoms with Gasteiger partial charge in [-0.1, -0.05) is 6.08 Å². The Morgan fingerprint density at radius 1 is 1.59 bits per heavy atom.